The Labute approximate surface area is 227 Å². The number of rotatable bonds is 7. The fourth-order valence-corrected chi connectivity index (χ4v) is 5.13. The first kappa shape index (κ1) is 24.2. The summed E-state index contributed by atoms with van der Waals surface area (Å²) in [6.45, 7) is 3.79. The van der Waals surface area contributed by atoms with E-state index in [1.807, 2.05) is 18.2 Å². The molecule has 0 radical (unpaired) electrons. The van der Waals surface area contributed by atoms with Gasteiger partial charge in [0.15, 0.2) is 11.5 Å². The van der Waals surface area contributed by atoms with Crippen molar-refractivity contribution in [1.82, 2.24) is 40.0 Å². The molecule has 0 aliphatic carbocycles. The topological polar surface area (TPSA) is 129 Å². The van der Waals surface area contributed by atoms with Gasteiger partial charge in [-0.05, 0) is 62.3 Å². The summed E-state index contributed by atoms with van der Waals surface area (Å²) in [7, 11) is 0. The molecule has 1 aliphatic heterocycles. The van der Waals surface area contributed by atoms with Crippen molar-refractivity contribution in [1.29, 1.82) is 0 Å². The maximum absolute atomic E-state index is 14.0. The van der Waals surface area contributed by atoms with Crippen molar-refractivity contribution in [2.75, 3.05) is 26.2 Å². The van der Waals surface area contributed by atoms with Crippen LogP contribution >= 0.6 is 0 Å². The summed E-state index contributed by atoms with van der Waals surface area (Å²) < 4.78 is 20.0. The lowest BCUT2D eigenvalue weighted by Crippen LogP contribution is -2.25. The van der Waals surface area contributed by atoms with Crippen molar-refractivity contribution in [3.8, 4) is 45.5 Å². The zero-order chi connectivity index (χ0) is 27.1. The molecular formula is C29H25FN8O2. The van der Waals surface area contributed by atoms with E-state index in [2.05, 4.69) is 30.0 Å². The number of hydrogen-bond acceptors (Lipinski definition) is 8. The highest BCUT2D eigenvalue weighted by molar-refractivity contribution is 5.95. The number of ether oxygens (including phenoxy) is 1. The van der Waals surface area contributed by atoms with Gasteiger partial charge in [-0.25, -0.2) is 14.4 Å². The lowest BCUT2D eigenvalue weighted by molar-refractivity contribution is 0.237. The number of phenols is 1. The van der Waals surface area contributed by atoms with Gasteiger partial charge in [0, 0.05) is 36.1 Å². The molecule has 6 aromatic rings. The van der Waals surface area contributed by atoms with Crippen molar-refractivity contribution in [2.24, 2.45) is 0 Å². The molecule has 5 aromatic heterocycles. The van der Waals surface area contributed by atoms with Gasteiger partial charge in [-0.1, -0.05) is 0 Å². The molecule has 1 aliphatic rings. The smallest absolute Gasteiger partial charge is 0.161 e. The molecule has 0 atom stereocenters. The molecule has 1 saturated heterocycles. The Hall–Kier alpha value is -4.90. The van der Waals surface area contributed by atoms with E-state index in [1.165, 1.54) is 25.0 Å². The van der Waals surface area contributed by atoms with Crippen LogP contribution in [0.5, 0.6) is 11.5 Å². The molecule has 11 heteroatoms. The van der Waals surface area contributed by atoms with Crippen LogP contribution in [0.15, 0.2) is 61.1 Å². The number of imidazole rings is 1. The number of fused-ring (bicyclic) bond motifs is 2. The average Bonchev–Trinajstić information content (AvgIpc) is 3.71. The molecule has 1 aromatic carbocycles. The van der Waals surface area contributed by atoms with Gasteiger partial charge in [0.05, 0.1) is 28.6 Å². The second-order valence-electron chi connectivity index (χ2n) is 9.81. The van der Waals surface area contributed by atoms with Crippen LogP contribution in [0.3, 0.4) is 0 Å². The van der Waals surface area contributed by atoms with Crippen LogP contribution in [0.25, 0.3) is 56.1 Å². The Morgan fingerprint density at radius 3 is 2.67 bits per heavy atom. The second-order valence-corrected chi connectivity index (χ2v) is 9.81. The van der Waals surface area contributed by atoms with Crippen LogP contribution in [0, 0.1) is 5.82 Å². The fourth-order valence-electron chi connectivity index (χ4n) is 5.13. The number of likely N-dealkylation sites (tertiary alicyclic amines) is 1. The van der Waals surface area contributed by atoms with Crippen LogP contribution in [0.1, 0.15) is 12.8 Å². The lowest BCUT2D eigenvalue weighted by atomic mass is 10.1. The number of benzene rings is 1. The molecule has 0 bridgehead atoms. The Morgan fingerprint density at radius 2 is 1.80 bits per heavy atom. The molecule has 40 heavy (non-hydrogen) atoms. The van der Waals surface area contributed by atoms with E-state index < -0.39 is 5.82 Å². The third-order valence-corrected chi connectivity index (χ3v) is 7.07. The second kappa shape index (κ2) is 10.0. The van der Waals surface area contributed by atoms with Crippen molar-refractivity contribution >= 4 is 22.1 Å². The molecule has 0 amide bonds. The molecule has 10 nitrogen and oxygen atoms in total. The zero-order valence-corrected chi connectivity index (χ0v) is 21.4. The number of halogens is 1. The normalized spacial score (nSPS) is 13.9. The minimum absolute atomic E-state index is 0.185. The Bertz CT molecular complexity index is 1820. The van der Waals surface area contributed by atoms with Crippen molar-refractivity contribution < 1.29 is 14.2 Å². The van der Waals surface area contributed by atoms with Crippen LogP contribution < -0.4 is 4.74 Å². The quantitative estimate of drug-likeness (QED) is 0.262. The molecule has 0 spiro atoms. The highest BCUT2D eigenvalue weighted by Gasteiger charge is 2.18. The van der Waals surface area contributed by atoms with Crippen molar-refractivity contribution in [3.63, 3.8) is 0 Å². The van der Waals surface area contributed by atoms with Gasteiger partial charge in [0.25, 0.3) is 0 Å². The van der Waals surface area contributed by atoms with Gasteiger partial charge < -0.3 is 14.8 Å². The van der Waals surface area contributed by atoms with E-state index in [0.717, 1.165) is 42.5 Å². The molecule has 1 fully saturated rings. The number of aromatic nitrogens is 7. The molecule has 0 unspecified atom stereocenters. The maximum atomic E-state index is 14.0. The zero-order valence-electron chi connectivity index (χ0n) is 21.4. The number of phenolic OH excluding ortho intramolecular Hbond substituents is 1. The van der Waals surface area contributed by atoms with E-state index in [4.69, 9.17) is 14.7 Å². The van der Waals surface area contributed by atoms with E-state index in [1.54, 1.807) is 24.7 Å². The van der Waals surface area contributed by atoms with Gasteiger partial charge >= 0.3 is 0 Å². The first-order chi connectivity index (χ1) is 19.6. The lowest BCUT2D eigenvalue weighted by Gasteiger charge is -2.15. The molecule has 6 heterocycles. The van der Waals surface area contributed by atoms with Crippen LogP contribution in [-0.2, 0) is 0 Å². The number of aromatic hydroxyl groups is 1. The van der Waals surface area contributed by atoms with Crippen molar-refractivity contribution in [2.45, 2.75) is 12.8 Å². The molecule has 7 rings (SSSR count). The third-order valence-electron chi connectivity index (χ3n) is 7.07. The summed E-state index contributed by atoms with van der Waals surface area (Å²) in [5.74, 6) is 0.440. The number of nitrogens with zero attached hydrogens (tertiary/aromatic N) is 6. The number of nitrogens with one attached hydrogen (secondary N) is 2. The Balaban J connectivity index is 1.21. The summed E-state index contributed by atoms with van der Waals surface area (Å²) in [6, 6.07) is 11.4. The largest absolute Gasteiger partial charge is 0.508 e. The van der Waals surface area contributed by atoms with Crippen molar-refractivity contribution in [3.05, 3.63) is 66.9 Å². The summed E-state index contributed by atoms with van der Waals surface area (Å²) in [5, 5.41) is 17.4. The highest BCUT2D eigenvalue weighted by atomic mass is 19.1. The highest BCUT2D eigenvalue weighted by Crippen LogP contribution is 2.32. The molecule has 3 N–H and O–H groups in total. The van der Waals surface area contributed by atoms with E-state index in [0.29, 0.717) is 51.7 Å². The van der Waals surface area contributed by atoms with E-state index in [-0.39, 0.29) is 5.75 Å². The molecular weight excluding hydrogens is 511 g/mol. The summed E-state index contributed by atoms with van der Waals surface area (Å²) in [6.07, 6.45) is 7.59. The number of hydrogen-bond donors (Lipinski definition) is 3. The number of H-pyrrole nitrogens is 2. The fraction of sp³-hybridized carbons (Fsp3) is 0.207. The third kappa shape index (κ3) is 4.60. The summed E-state index contributed by atoms with van der Waals surface area (Å²) in [5.41, 5.74) is 5.55. The number of aromatic amines is 2. The Morgan fingerprint density at radius 1 is 0.925 bits per heavy atom. The van der Waals surface area contributed by atoms with Gasteiger partial charge in [0.2, 0.25) is 0 Å². The maximum Gasteiger partial charge on any atom is 0.161 e. The average molecular weight is 537 g/mol. The van der Waals surface area contributed by atoms with Gasteiger partial charge in [0.1, 0.15) is 35.0 Å². The monoisotopic (exact) mass is 536 g/mol. The summed E-state index contributed by atoms with van der Waals surface area (Å²) in [4.78, 5) is 24.1. The first-order valence-electron chi connectivity index (χ1n) is 13.1. The van der Waals surface area contributed by atoms with Crippen LogP contribution in [-0.4, -0.2) is 71.4 Å². The molecule has 200 valence electrons. The van der Waals surface area contributed by atoms with Crippen LogP contribution in [0.2, 0.25) is 0 Å². The first-order valence-corrected chi connectivity index (χ1v) is 13.1. The number of pyridine rings is 3. The molecule has 0 saturated carbocycles. The Kier molecular flexibility index (Phi) is 6.05. The van der Waals surface area contributed by atoms with E-state index >= 15 is 0 Å². The summed E-state index contributed by atoms with van der Waals surface area (Å²) >= 11 is 0. The SMILES string of the molecule is Oc1cc(F)cc(-c2nccc3[nH]c(-c4n[nH]c5ccc(-c6cncc(OCCN7CCCC7)c6)nc45)nc23)c1. The minimum Gasteiger partial charge on any atom is -0.508 e. The van der Waals surface area contributed by atoms with E-state index in [9.17, 15) is 9.50 Å². The van der Waals surface area contributed by atoms with Gasteiger partial charge in [-0.15, -0.1) is 0 Å². The minimum atomic E-state index is -0.560. The predicted molar refractivity (Wildman–Crippen MR) is 148 cm³/mol. The van der Waals surface area contributed by atoms with Gasteiger partial charge in [-0.2, -0.15) is 5.10 Å². The standard InChI is InChI=1S/C29H25FN8O2/c30-19-11-17(12-20(39)14-19)25-26-23(5-6-32-25)34-29(35-26)28-27-24(36-37-28)4-3-22(33-27)18-13-21(16-31-15-18)40-10-9-38-7-1-2-8-38/h3-6,11-16,39H,1-2,7-10H2,(H,34,35)(H,36,37). The van der Waals surface area contributed by atoms with Crippen LogP contribution in [0.4, 0.5) is 4.39 Å². The van der Waals surface area contributed by atoms with Gasteiger partial charge in [-0.3, -0.25) is 20.0 Å². The predicted octanol–water partition coefficient (Wildman–Crippen LogP) is 4.94.